The Morgan fingerprint density at radius 3 is 2.60 bits per heavy atom. The number of carbonyl (C=O) groups is 1. The maximum atomic E-state index is 13.9. The predicted octanol–water partition coefficient (Wildman–Crippen LogP) is 5.29. The molecule has 0 unspecified atom stereocenters. The van der Waals surface area contributed by atoms with Crippen molar-refractivity contribution in [3.63, 3.8) is 0 Å². The molecule has 0 atom stereocenters. The van der Waals surface area contributed by atoms with Crippen molar-refractivity contribution in [3.8, 4) is 0 Å². The van der Waals surface area contributed by atoms with Gasteiger partial charge in [0.15, 0.2) is 10.7 Å². The molecule has 0 aliphatic carbocycles. The van der Waals surface area contributed by atoms with Crippen molar-refractivity contribution < 1.29 is 22.1 Å². The molecule has 1 aromatic heterocycles. The smallest absolute Gasteiger partial charge is 0.248 e. The van der Waals surface area contributed by atoms with Gasteiger partial charge < -0.3 is 9.84 Å². The van der Waals surface area contributed by atoms with E-state index < -0.39 is 15.8 Å². The molecule has 1 N–H and O–H groups in total. The Balaban J connectivity index is 1.46. The van der Waals surface area contributed by atoms with Crippen LogP contribution in [0.5, 0.6) is 0 Å². The van der Waals surface area contributed by atoms with Crippen molar-refractivity contribution in [2.24, 2.45) is 5.92 Å². The molecule has 10 heteroatoms. The van der Waals surface area contributed by atoms with Crippen LogP contribution in [0.15, 0.2) is 51.9 Å². The SMILES string of the molecule is Cc1ccc(Cl)cc1NC(=O)C1CCN(S(=O)(=O)c2c(C)noc2/C=C/c2ccccc2F)CC1. The summed E-state index contributed by atoms with van der Waals surface area (Å²) in [5.41, 5.74) is 2.05. The number of anilines is 1. The van der Waals surface area contributed by atoms with Crippen molar-refractivity contribution in [3.05, 3.63) is 75.9 Å². The van der Waals surface area contributed by atoms with Crippen LogP contribution >= 0.6 is 11.6 Å². The van der Waals surface area contributed by atoms with Crippen LogP contribution in [0.4, 0.5) is 10.1 Å². The van der Waals surface area contributed by atoms with E-state index in [1.807, 2.05) is 13.0 Å². The first-order valence-electron chi connectivity index (χ1n) is 11.1. The number of amides is 1. The first-order valence-corrected chi connectivity index (χ1v) is 12.9. The van der Waals surface area contributed by atoms with E-state index in [1.165, 1.54) is 22.5 Å². The fourth-order valence-electron chi connectivity index (χ4n) is 4.03. The summed E-state index contributed by atoms with van der Waals surface area (Å²) in [6, 6.07) is 11.4. The van der Waals surface area contributed by atoms with E-state index in [9.17, 15) is 17.6 Å². The highest BCUT2D eigenvalue weighted by molar-refractivity contribution is 7.89. The van der Waals surface area contributed by atoms with E-state index in [-0.39, 0.29) is 41.3 Å². The van der Waals surface area contributed by atoms with Gasteiger partial charge in [0.2, 0.25) is 15.9 Å². The van der Waals surface area contributed by atoms with E-state index >= 15 is 0 Å². The van der Waals surface area contributed by atoms with Gasteiger partial charge in [0.05, 0.1) is 0 Å². The molecule has 1 fully saturated rings. The zero-order valence-electron chi connectivity index (χ0n) is 19.3. The second kappa shape index (κ2) is 10.3. The van der Waals surface area contributed by atoms with E-state index in [0.717, 1.165) is 5.56 Å². The summed E-state index contributed by atoms with van der Waals surface area (Å²) in [5, 5.41) is 7.24. The number of halogens is 2. The van der Waals surface area contributed by atoms with Crippen molar-refractivity contribution in [1.29, 1.82) is 0 Å². The van der Waals surface area contributed by atoms with Gasteiger partial charge in [-0.1, -0.05) is 41.0 Å². The van der Waals surface area contributed by atoms with E-state index in [2.05, 4.69) is 10.5 Å². The molecule has 1 aliphatic rings. The van der Waals surface area contributed by atoms with Gasteiger partial charge in [0, 0.05) is 35.3 Å². The van der Waals surface area contributed by atoms with Crippen LogP contribution < -0.4 is 5.32 Å². The number of benzene rings is 2. The fourth-order valence-corrected chi connectivity index (χ4v) is 5.92. The summed E-state index contributed by atoms with van der Waals surface area (Å²) in [7, 11) is -3.93. The summed E-state index contributed by atoms with van der Waals surface area (Å²) >= 11 is 6.03. The number of nitrogens with zero attached hydrogens (tertiary/aromatic N) is 2. The second-order valence-electron chi connectivity index (χ2n) is 8.44. The molecule has 2 aromatic carbocycles. The highest BCUT2D eigenvalue weighted by Crippen LogP contribution is 2.30. The van der Waals surface area contributed by atoms with E-state index in [1.54, 1.807) is 37.3 Å². The Kier molecular flexibility index (Phi) is 7.39. The minimum Gasteiger partial charge on any atom is -0.355 e. The third-order valence-electron chi connectivity index (χ3n) is 6.03. The quantitative estimate of drug-likeness (QED) is 0.479. The third kappa shape index (κ3) is 5.47. The third-order valence-corrected chi connectivity index (χ3v) is 8.33. The largest absolute Gasteiger partial charge is 0.355 e. The maximum Gasteiger partial charge on any atom is 0.248 e. The lowest BCUT2D eigenvalue weighted by molar-refractivity contribution is -0.120. The summed E-state index contributed by atoms with van der Waals surface area (Å²) in [6.45, 7) is 3.77. The Morgan fingerprint density at radius 2 is 1.89 bits per heavy atom. The molecular formula is C25H25ClFN3O4S. The molecular weight excluding hydrogens is 493 g/mol. The summed E-state index contributed by atoms with van der Waals surface area (Å²) in [4.78, 5) is 12.7. The van der Waals surface area contributed by atoms with Crippen LogP contribution in [0, 0.1) is 25.6 Å². The van der Waals surface area contributed by atoms with E-state index in [0.29, 0.717) is 29.1 Å². The van der Waals surface area contributed by atoms with Gasteiger partial charge >= 0.3 is 0 Å². The molecule has 3 aromatic rings. The van der Waals surface area contributed by atoms with Crippen molar-refractivity contribution in [2.45, 2.75) is 31.6 Å². The fraction of sp³-hybridized carbons (Fsp3) is 0.280. The molecule has 1 amide bonds. The Morgan fingerprint density at radius 1 is 1.17 bits per heavy atom. The standard InChI is InChI=1S/C25H25ClFN3O4S/c1-16-7-9-20(26)15-22(16)28-25(31)19-11-13-30(14-12-19)35(32,33)24-17(2)29-34-23(24)10-8-18-5-3-4-6-21(18)27/h3-10,15,19H,11-14H2,1-2H3,(H,28,31)/b10-8+. The number of piperidine rings is 1. The van der Waals surface area contributed by atoms with Crippen LogP contribution in [0.3, 0.4) is 0 Å². The van der Waals surface area contributed by atoms with Gasteiger partial charge in [-0.05, 0) is 62.6 Å². The van der Waals surface area contributed by atoms with E-state index in [4.69, 9.17) is 16.1 Å². The Hall–Kier alpha value is -3.01. The summed E-state index contributed by atoms with van der Waals surface area (Å²) in [6.07, 6.45) is 3.59. The van der Waals surface area contributed by atoms with Gasteiger partial charge in [0.25, 0.3) is 0 Å². The maximum absolute atomic E-state index is 13.9. The first-order chi connectivity index (χ1) is 16.7. The molecule has 0 spiro atoms. The topological polar surface area (TPSA) is 92.5 Å². The van der Waals surface area contributed by atoms with Crippen LogP contribution in [-0.2, 0) is 14.8 Å². The number of nitrogens with one attached hydrogen (secondary N) is 1. The monoisotopic (exact) mass is 517 g/mol. The molecule has 2 heterocycles. The van der Waals surface area contributed by atoms with Crippen molar-refractivity contribution in [1.82, 2.24) is 9.46 Å². The molecule has 1 aliphatic heterocycles. The van der Waals surface area contributed by atoms with Gasteiger partial charge in [-0.15, -0.1) is 0 Å². The summed E-state index contributed by atoms with van der Waals surface area (Å²) < 4.78 is 47.4. The average Bonchev–Trinajstić information content (AvgIpc) is 3.22. The molecule has 0 saturated carbocycles. The molecule has 184 valence electrons. The number of rotatable bonds is 6. The number of hydrogen-bond donors (Lipinski definition) is 1. The molecule has 0 bridgehead atoms. The Bertz CT molecular complexity index is 1380. The van der Waals surface area contributed by atoms with Crippen molar-refractivity contribution >= 4 is 45.4 Å². The first kappa shape index (κ1) is 25.1. The minimum atomic E-state index is -3.93. The van der Waals surface area contributed by atoms with Crippen LogP contribution in [-0.4, -0.2) is 36.9 Å². The number of hydrogen-bond acceptors (Lipinski definition) is 5. The normalized spacial score (nSPS) is 15.5. The van der Waals surface area contributed by atoms with Gasteiger partial charge in [-0.2, -0.15) is 4.31 Å². The predicted molar refractivity (Wildman–Crippen MR) is 133 cm³/mol. The highest BCUT2D eigenvalue weighted by atomic mass is 35.5. The molecule has 0 radical (unpaired) electrons. The molecule has 1 saturated heterocycles. The number of sulfonamides is 1. The lowest BCUT2D eigenvalue weighted by atomic mass is 9.97. The zero-order valence-corrected chi connectivity index (χ0v) is 20.9. The number of carbonyl (C=O) groups excluding carboxylic acids is 1. The van der Waals surface area contributed by atoms with Gasteiger partial charge in [-0.25, -0.2) is 12.8 Å². The van der Waals surface area contributed by atoms with Gasteiger partial charge in [-0.3, -0.25) is 4.79 Å². The molecule has 4 rings (SSSR count). The van der Waals surface area contributed by atoms with Crippen LogP contribution in [0.25, 0.3) is 12.2 Å². The molecule has 7 nitrogen and oxygen atoms in total. The van der Waals surface area contributed by atoms with Crippen molar-refractivity contribution in [2.75, 3.05) is 18.4 Å². The lowest BCUT2D eigenvalue weighted by Crippen LogP contribution is -2.41. The van der Waals surface area contributed by atoms with Gasteiger partial charge in [0.1, 0.15) is 11.5 Å². The second-order valence-corrected chi connectivity index (χ2v) is 10.8. The number of aromatic nitrogens is 1. The molecule has 35 heavy (non-hydrogen) atoms. The van der Waals surface area contributed by atoms with Crippen LogP contribution in [0.1, 0.15) is 35.4 Å². The summed E-state index contributed by atoms with van der Waals surface area (Å²) in [5.74, 6) is -0.898. The average molecular weight is 518 g/mol. The zero-order chi connectivity index (χ0) is 25.2. The minimum absolute atomic E-state index is 0.0297. The lowest BCUT2D eigenvalue weighted by Gasteiger charge is -2.30. The van der Waals surface area contributed by atoms with Crippen LogP contribution in [0.2, 0.25) is 5.02 Å². The highest BCUT2D eigenvalue weighted by Gasteiger charge is 2.36. The number of aryl methyl sites for hydroxylation is 2. The Labute approximate surface area is 208 Å².